The number of piperazine rings is 1. The summed E-state index contributed by atoms with van der Waals surface area (Å²) in [6, 6.07) is 4.01. The molecule has 2 saturated heterocycles. The van der Waals surface area contributed by atoms with E-state index in [1.807, 2.05) is 35.6 Å². The minimum atomic E-state index is 0.0456. The van der Waals surface area contributed by atoms with Gasteiger partial charge in [0, 0.05) is 51.0 Å². The molecule has 28 heavy (non-hydrogen) atoms. The van der Waals surface area contributed by atoms with Crippen molar-refractivity contribution >= 4 is 11.7 Å². The standard InChI is InChI=1S/C20H29N7O/c1-15-11-16(2)27(23-15)19-12-18(21-14-22-19)26-6-4-5-17(13-26)20(28)25-9-7-24(3)8-10-25/h11-12,14,17H,4-10,13H2,1-3H3. The molecule has 8 heteroatoms. The van der Waals surface area contributed by atoms with Crippen molar-refractivity contribution in [1.29, 1.82) is 0 Å². The van der Waals surface area contributed by atoms with Gasteiger partial charge >= 0.3 is 0 Å². The summed E-state index contributed by atoms with van der Waals surface area (Å²) < 4.78 is 1.84. The van der Waals surface area contributed by atoms with E-state index in [-0.39, 0.29) is 5.92 Å². The van der Waals surface area contributed by atoms with Crippen LogP contribution in [0.2, 0.25) is 0 Å². The summed E-state index contributed by atoms with van der Waals surface area (Å²) in [5.74, 6) is 1.98. The number of piperidine rings is 1. The van der Waals surface area contributed by atoms with Gasteiger partial charge in [-0.25, -0.2) is 14.6 Å². The van der Waals surface area contributed by atoms with E-state index in [0.29, 0.717) is 5.91 Å². The topological polar surface area (TPSA) is 70.4 Å². The van der Waals surface area contributed by atoms with Gasteiger partial charge in [-0.3, -0.25) is 4.79 Å². The molecule has 2 fully saturated rings. The molecule has 4 heterocycles. The number of hydrogen-bond donors (Lipinski definition) is 0. The molecule has 0 aromatic carbocycles. The van der Waals surface area contributed by atoms with Crippen molar-refractivity contribution in [1.82, 2.24) is 29.5 Å². The van der Waals surface area contributed by atoms with Crippen LogP contribution in [0.15, 0.2) is 18.5 Å². The molecule has 4 rings (SSSR count). The van der Waals surface area contributed by atoms with Crippen LogP contribution in [0.1, 0.15) is 24.2 Å². The fraction of sp³-hybridized carbons (Fsp3) is 0.600. The van der Waals surface area contributed by atoms with E-state index in [2.05, 4.69) is 31.9 Å². The van der Waals surface area contributed by atoms with Crippen LogP contribution in [0.25, 0.3) is 5.82 Å². The maximum atomic E-state index is 13.0. The van der Waals surface area contributed by atoms with E-state index >= 15 is 0 Å². The predicted octanol–water partition coefficient (Wildman–Crippen LogP) is 1.27. The zero-order valence-electron chi connectivity index (χ0n) is 17.0. The average molecular weight is 384 g/mol. The quantitative estimate of drug-likeness (QED) is 0.795. The molecule has 150 valence electrons. The highest BCUT2D eigenvalue weighted by Gasteiger charge is 2.31. The Bertz CT molecular complexity index is 841. The highest BCUT2D eigenvalue weighted by Crippen LogP contribution is 2.24. The Balaban J connectivity index is 1.48. The lowest BCUT2D eigenvalue weighted by atomic mass is 9.96. The van der Waals surface area contributed by atoms with Gasteiger partial charge in [0.25, 0.3) is 0 Å². The fourth-order valence-electron chi connectivity index (χ4n) is 4.16. The van der Waals surface area contributed by atoms with Crippen molar-refractivity contribution in [2.45, 2.75) is 26.7 Å². The monoisotopic (exact) mass is 383 g/mol. The van der Waals surface area contributed by atoms with Crippen LogP contribution >= 0.6 is 0 Å². The molecule has 0 spiro atoms. The zero-order chi connectivity index (χ0) is 19.7. The molecule has 0 N–H and O–H groups in total. The first-order chi connectivity index (χ1) is 13.5. The number of rotatable bonds is 3. The van der Waals surface area contributed by atoms with Crippen LogP contribution in [0.5, 0.6) is 0 Å². The van der Waals surface area contributed by atoms with Gasteiger partial charge in [-0.05, 0) is 39.8 Å². The maximum Gasteiger partial charge on any atom is 0.227 e. The summed E-state index contributed by atoms with van der Waals surface area (Å²) in [4.78, 5) is 28.4. The zero-order valence-corrected chi connectivity index (χ0v) is 17.0. The predicted molar refractivity (Wildman–Crippen MR) is 108 cm³/mol. The number of anilines is 1. The number of hydrogen-bond acceptors (Lipinski definition) is 6. The second kappa shape index (κ2) is 7.87. The fourth-order valence-corrected chi connectivity index (χ4v) is 4.16. The van der Waals surface area contributed by atoms with Crippen LogP contribution in [0, 0.1) is 19.8 Å². The van der Waals surface area contributed by atoms with Gasteiger partial charge in [-0.1, -0.05) is 0 Å². The normalized spacial score (nSPS) is 21.2. The van der Waals surface area contributed by atoms with E-state index in [1.54, 1.807) is 6.33 Å². The third-order valence-electron chi connectivity index (χ3n) is 5.77. The molecule has 1 unspecified atom stereocenters. The summed E-state index contributed by atoms with van der Waals surface area (Å²) in [7, 11) is 2.11. The molecular formula is C20H29N7O. The van der Waals surface area contributed by atoms with Crippen molar-refractivity contribution in [3.05, 3.63) is 29.8 Å². The molecular weight excluding hydrogens is 354 g/mol. The van der Waals surface area contributed by atoms with Crippen LogP contribution in [0.3, 0.4) is 0 Å². The smallest absolute Gasteiger partial charge is 0.227 e. The average Bonchev–Trinajstić information content (AvgIpc) is 3.06. The van der Waals surface area contributed by atoms with Gasteiger partial charge in [0.2, 0.25) is 5.91 Å². The molecule has 0 saturated carbocycles. The number of carbonyl (C=O) groups is 1. The summed E-state index contributed by atoms with van der Waals surface area (Å²) in [6.07, 6.45) is 3.55. The number of amides is 1. The van der Waals surface area contributed by atoms with E-state index in [9.17, 15) is 4.79 Å². The molecule has 2 aliphatic heterocycles. The number of carbonyl (C=O) groups excluding carboxylic acids is 1. The summed E-state index contributed by atoms with van der Waals surface area (Å²) in [5, 5.41) is 4.52. The Kier molecular flexibility index (Phi) is 5.30. The Labute approximate surface area is 166 Å². The Hall–Kier alpha value is -2.48. The molecule has 1 atom stereocenters. The summed E-state index contributed by atoms with van der Waals surface area (Å²) in [6.45, 7) is 9.22. The van der Waals surface area contributed by atoms with Crippen molar-refractivity contribution in [2.24, 2.45) is 5.92 Å². The first-order valence-electron chi connectivity index (χ1n) is 10.1. The van der Waals surface area contributed by atoms with Crippen molar-refractivity contribution in [3.63, 3.8) is 0 Å². The van der Waals surface area contributed by atoms with Crippen molar-refractivity contribution in [3.8, 4) is 5.82 Å². The van der Waals surface area contributed by atoms with Crippen LogP contribution in [-0.2, 0) is 4.79 Å². The molecule has 2 aromatic heterocycles. The lowest BCUT2D eigenvalue weighted by molar-refractivity contribution is -0.137. The highest BCUT2D eigenvalue weighted by atomic mass is 16.2. The Morgan fingerprint density at radius 2 is 1.79 bits per heavy atom. The van der Waals surface area contributed by atoms with E-state index in [1.165, 1.54) is 0 Å². The van der Waals surface area contributed by atoms with Gasteiger partial charge < -0.3 is 14.7 Å². The third-order valence-corrected chi connectivity index (χ3v) is 5.77. The van der Waals surface area contributed by atoms with Gasteiger partial charge in [0.1, 0.15) is 12.1 Å². The Morgan fingerprint density at radius 1 is 1.04 bits per heavy atom. The Morgan fingerprint density at radius 3 is 2.50 bits per heavy atom. The van der Waals surface area contributed by atoms with Gasteiger partial charge in [0.15, 0.2) is 5.82 Å². The molecule has 0 bridgehead atoms. The molecule has 1 amide bonds. The minimum absolute atomic E-state index is 0.0456. The van der Waals surface area contributed by atoms with E-state index < -0.39 is 0 Å². The molecule has 2 aliphatic rings. The second-order valence-electron chi connectivity index (χ2n) is 7.99. The van der Waals surface area contributed by atoms with Crippen LogP contribution in [0.4, 0.5) is 5.82 Å². The van der Waals surface area contributed by atoms with Crippen molar-refractivity contribution < 1.29 is 4.79 Å². The van der Waals surface area contributed by atoms with Gasteiger partial charge in [-0.15, -0.1) is 0 Å². The number of aryl methyl sites for hydroxylation is 2. The molecule has 8 nitrogen and oxygen atoms in total. The maximum absolute atomic E-state index is 13.0. The van der Waals surface area contributed by atoms with Crippen LogP contribution in [-0.4, -0.2) is 81.8 Å². The van der Waals surface area contributed by atoms with E-state index in [0.717, 1.165) is 75.1 Å². The van der Waals surface area contributed by atoms with E-state index in [4.69, 9.17) is 0 Å². The van der Waals surface area contributed by atoms with Gasteiger partial charge in [0.05, 0.1) is 11.6 Å². The lowest BCUT2D eigenvalue weighted by Crippen LogP contribution is -2.51. The molecule has 2 aromatic rings. The highest BCUT2D eigenvalue weighted by molar-refractivity contribution is 5.80. The lowest BCUT2D eigenvalue weighted by Gasteiger charge is -2.38. The molecule has 0 radical (unpaired) electrons. The number of likely N-dealkylation sites (N-methyl/N-ethyl adjacent to an activating group) is 1. The van der Waals surface area contributed by atoms with Crippen molar-refractivity contribution in [2.75, 3.05) is 51.2 Å². The molecule has 0 aliphatic carbocycles. The van der Waals surface area contributed by atoms with Crippen LogP contribution < -0.4 is 4.90 Å². The third kappa shape index (κ3) is 3.87. The van der Waals surface area contributed by atoms with Gasteiger partial charge in [-0.2, -0.15) is 5.10 Å². The second-order valence-corrected chi connectivity index (χ2v) is 7.99. The number of aromatic nitrogens is 4. The first kappa shape index (κ1) is 18.9. The minimum Gasteiger partial charge on any atom is -0.356 e. The summed E-state index contributed by atoms with van der Waals surface area (Å²) in [5.41, 5.74) is 2.01. The summed E-state index contributed by atoms with van der Waals surface area (Å²) >= 11 is 0. The largest absolute Gasteiger partial charge is 0.356 e. The number of nitrogens with zero attached hydrogens (tertiary/aromatic N) is 7. The SMILES string of the molecule is Cc1cc(C)n(-c2cc(N3CCCC(C(=O)N4CCN(C)CC4)C3)ncn2)n1. The first-order valence-corrected chi connectivity index (χ1v) is 10.1.